The van der Waals surface area contributed by atoms with Crippen LogP contribution in [0.1, 0.15) is 90.0 Å². The van der Waals surface area contributed by atoms with Crippen LogP contribution in [0.3, 0.4) is 0 Å². The quantitative estimate of drug-likeness (QED) is 0.181. The summed E-state index contributed by atoms with van der Waals surface area (Å²) in [6.45, 7) is 5.47. The molecular weight excluding hydrogens is 765 g/mol. The first-order chi connectivity index (χ1) is 27.9. The molecule has 4 N–H and O–H groups in total. The number of aliphatic carboxylic acids is 1. The van der Waals surface area contributed by atoms with Crippen LogP contribution in [0, 0.1) is 18.8 Å². The van der Waals surface area contributed by atoms with E-state index in [1.54, 1.807) is 32.4 Å². The maximum absolute atomic E-state index is 14.6. The maximum Gasteiger partial charge on any atom is 0.408 e. The number of aryl methyl sites for hydroxylation is 1. The summed E-state index contributed by atoms with van der Waals surface area (Å²) in [7, 11) is 1.58. The zero-order valence-corrected chi connectivity index (χ0v) is 34.2. The lowest BCUT2D eigenvalue weighted by molar-refractivity contribution is -0.145. The highest BCUT2D eigenvalue weighted by Crippen LogP contribution is 2.46. The standard InChI is InChI=1S/C42H52N6O9S/c1-23(2)36(49)46-40-44-31(22-58-40)30-19-34(28-16-17-33(55-4)24(3)35(28)43-30)56-27-18-32-37(50)47-42(39(52)53)20-25(42)12-8-6-5-7-9-15-29(38(51)48(32)21-27)45-41(54)57-26-13-10-11-14-26/h8,12,16-17,19,22-23,25-27,29,32H,5-7,9-11,13-15,18,20-21H2,1-4H3,(H,45,54)(H,47,50)(H,52,53)(H,44,46,49)/t25-,27-,29+,32+,42-/m1/s1. The van der Waals surface area contributed by atoms with E-state index in [2.05, 4.69) is 20.9 Å². The number of hydrogen-bond donors (Lipinski definition) is 4. The largest absolute Gasteiger partial charge is 0.496 e. The SMILES string of the molecule is COc1ccc2c(O[C@@H]3C[C@H]4C(=O)N[C@]5(C(=O)O)C[C@H]5C=CCCCCC[C@H](NC(=O)OC5CCCC5)C(=O)N4C3)cc(-c3csc(NC(=O)C(C)C)n3)nc2c1C. The molecule has 0 radical (unpaired) electrons. The third-order valence-corrected chi connectivity index (χ3v) is 12.4. The molecular formula is C42H52N6O9S. The van der Waals surface area contributed by atoms with Gasteiger partial charge in [-0.1, -0.05) is 38.8 Å². The molecule has 4 aliphatic rings. The van der Waals surface area contributed by atoms with Crippen molar-refractivity contribution in [3.05, 3.63) is 41.3 Å². The van der Waals surface area contributed by atoms with Gasteiger partial charge in [0, 0.05) is 40.7 Å². The smallest absolute Gasteiger partial charge is 0.408 e. The molecule has 15 nitrogen and oxygen atoms in total. The summed E-state index contributed by atoms with van der Waals surface area (Å²) in [5, 5.41) is 21.6. The summed E-state index contributed by atoms with van der Waals surface area (Å²) < 4.78 is 18.0. The van der Waals surface area contributed by atoms with Crippen LogP contribution in [-0.4, -0.2) is 93.2 Å². The molecule has 5 atom stereocenters. The predicted molar refractivity (Wildman–Crippen MR) is 217 cm³/mol. The van der Waals surface area contributed by atoms with Crippen LogP contribution >= 0.6 is 11.3 Å². The number of fused-ring (bicyclic) bond motifs is 3. The molecule has 2 saturated carbocycles. The van der Waals surface area contributed by atoms with Gasteiger partial charge in [-0.2, -0.15) is 0 Å². The van der Waals surface area contributed by atoms with Gasteiger partial charge in [-0.15, -0.1) is 11.3 Å². The van der Waals surface area contributed by atoms with Crippen LogP contribution in [-0.2, 0) is 23.9 Å². The van der Waals surface area contributed by atoms with Gasteiger partial charge in [0.25, 0.3) is 0 Å². The van der Waals surface area contributed by atoms with Crippen molar-refractivity contribution in [2.45, 2.75) is 121 Å². The Labute approximate surface area is 341 Å². The molecule has 4 heterocycles. The topological polar surface area (TPSA) is 198 Å². The fourth-order valence-electron chi connectivity index (χ4n) is 8.19. The fraction of sp³-hybridized carbons (Fsp3) is 0.548. The number of carbonyl (C=O) groups is 5. The second-order valence-corrected chi connectivity index (χ2v) is 17.0. The first-order valence-corrected chi connectivity index (χ1v) is 21.2. The zero-order chi connectivity index (χ0) is 41.1. The number of thiazole rings is 1. The number of carboxylic acid groups (broad SMARTS) is 1. The van der Waals surface area contributed by atoms with E-state index in [0.717, 1.165) is 50.5 Å². The first kappa shape index (κ1) is 40.9. The fourth-order valence-corrected chi connectivity index (χ4v) is 8.90. The van der Waals surface area contributed by atoms with E-state index in [9.17, 15) is 29.1 Å². The van der Waals surface area contributed by atoms with Gasteiger partial charge in [0.2, 0.25) is 17.7 Å². The van der Waals surface area contributed by atoms with Crippen molar-refractivity contribution >= 4 is 57.2 Å². The van der Waals surface area contributed by atoms with E-state index in [-0.39, 0.29) is 43.2 Å². The monoisotopic (exact) mass is 816 g/mol. The third kappa shape index (κ3) is 8.76. The Morgan fingerprint density at radius 2 is 1.79 bits per heavy atom. The van der Waals surface area contributed by atoms with Crippen molar-refractivity contribution in [1.82, 2.24) is 25.5 Å². The third-order valence-electron chi connectivity index (χ3n) is 11.7. The van der Waals surface area contributed by atoms with E-state index in [1.807, 2.05) is 31.2 Å². The molecule has 2 aromatic heterocycles. The molecule has 3 aromatic rings. The number of anilines is 1. The number of amides is 4. The average molecular weight is 817 g/mol. The van der Waals surface area contributed by atoms with Crippen LogP contribution in [0.15, 0.2) is 35.7 Å². The molecule has 310 valence electrons. The number of aromatic nitrogens is 2. The van der Waals surface area contributed by atoms with Gasteiger partial charge in [-0.25, -0.2) is 19.6 Å². The molecule has 2 aliphatic carbocycles. The molecule has 58 heavy (non-hydrogen) atoms. The number of benzene rings is 1. The molecule has 0 spiro atoms. The number of ether oxygens (including phenoxy) is 3. The Morgan fingerprint density at radius 1 is 1.02 bits per heavy atom. The molecule has 16 heteroatoms. The van der Waals surface area contributed by atoms with Gasteiger partial charge in [0.05, 0.1) is 24.9 Å². The summed E-state index contributed by atoms with van der Waals surface area (Å²) in [6, 6.07) is 3.35. The Bertz CT molecular complexity index is 2100. The minimum atomic E-state index is -1.47. The molecule has 7 rings (SSSR count). The highest BCUT2D eigenvalue weighted by atomic mass is 32.1. The summed E-state index contributed by atoms with van der Waals surface area (Å²) in [5.74, 6) is -1.91. The normalized spacial score (nSPS) is 25.3. The highest BCUT2D eigenvalue weighted by molar-refractivity contribution is 7.14. The number of alkyl carbamates (subject to hydrolysis) is 1. The Kier molecular flexibility index (Phi) is 12.2. The van der Waals surface area contributed by atoms with Crippen LogP contribution in [0.25, 0.3) is 22.3 Å². The van der Waals surface area contributed by atoms with Crippen LogP contribution < -0.4 is 25.4 Å². The van der Waals surface area contributed by atoms with Gasteiger partial charge >= 0.3 is 12.1 Å². The minimum absolute atomic E-state index is 0.00740. The molecule has 0 bridgehead atoms. The van der Waals surface area contributed by atoms with Gasteiger partial charge in [0.15, 0.2) is 5.13 Å². The van der Waals surface area contributed by atoms with E-state index in [1.165, 1.54) is 16.2 Å². The van der Waals surface area contributed by atoms with E-state index < -0.39 is 47.6 Å². The lowest BCUT2D eigenvalue weighted by atomic mass is 10.0. The van der Waals surface area contributed by atoms with Gasteiger partial charge in [0.1, 0.15) is 47.0 Å². The summed E-state index contributed by atoms with van der Waals surface area (Å²) >= 11 is 1.27. The number of methoxy groups -OCH3 is 1. The van der Waals surface area contributed by atoms with Crippen molar-refractivity contribution in [2.24, 2.45) is 11.8 Å². The number of hydrogen-bond acceptors (Lipinski definition) is 11. The number of nitrogens with zero attached hydrogens (tertiary/aromatic N) is 3. The van der Waals surface area contributed by atoms with Crippen molar-refractivity contribution in [2.75, 3.05) is 19.0 Å². The Hall–Kier alpha value is -5.25. The van der Waals surface area contributed by atoms with Crippen LogP contribution in [0.2, 0.25) is 0 Å². The summed E-state index contributed by atoms with van der Waals surface area (Å²) in [4.78, 5) is 78.0. The highest BCUT2D eigenvalue weighted by Gasteiger charge is 2.61. The second kappa shape index (κ2) is 17.3. The Balaban J connectivity index is 1.21. The van der Waals surface area contributed by atoms with Crippen LogP contribution in [0.5, 0.6) is 11.5 Å². The van der Waals surface area contributed by atoms with Crippen molar-refractivity contribution in [1.29, 1.82) is 0 Å². The Morgan fingerprint density at radius 3 is 2.53 bits per heavy atom. The predicted octanol–water partition coefficient (Wildman–Crippen LogP) is 6.14. The first-order valence-electron chi connectivity index (χ1n) is 20.3. The number of carbonyl (C=O) groups excluding carboxylic acids is 4. The lowest BCUT2D eigenvalue weighted by Gasteiger charge is -2.29. The van der Waals surface area contributed by atoms with Crippen molar-refractivity contribution < 1.29 is 43.3 Å². The minimum Gasteiger partial charge on any atom is -0.496 e. The number of carboxylic acids is 1. The summed E-state index contributed by atoms with van der Waals surface area (Å²) in [6.07, 6.45) is 9.39. The van der Waals surface area contributed by atoms with Gasteiger partial charge in [-0.3, -0.25) is 14.4 Å². The van der Waals surface area contributed by atoms with E-state index in [4.69, 9.17) is 19.2 Å². The van der Waals surface area contributed by atoms with E-state index >= 15 is 0 Å². The maximum atomic E-state index is 14.6. The molecule has 2 aliphatic heterocycles. The summed E-state index contributed by atoms with van der Waals surface area (Å²) in [5.41, 5.74) is 0.864. The van der Waals surface area contributed by atoms with E-state index in [0.29, 0.717) is 51.8 Å². The second-order valence-electron chi connectivity index (χ2n) is 16.1. The number of allylic oxidation sites excluding steroid dienone is 1. The molecule has 1 saturated heterocycles. The molecule has 0 unspecified atom stereocenters. The molecule has 4 amide bonds. The lowest BCUT2D eigenvalue weighted by Crippen LogP contribution is -2.56. The van der Waals surface area contributed by atoms with Crippen molar-refractivity contribution in [3.63, 3.8) is 0 Å². The molecule has 3 fully saturated rings. The van der Waals surface area contributed by atoms with Gasteiger partial charge < -0.3 is 40.2 Å². The average Bonchev–Trinajstić information content (AvgIpc) is 3.62. The number of rotatable bonds is 9. The number of nitrogens with one attached hydrogen (secondary N) is 3. The number of pyridine rings is 1. The van der Waals surface area contributed by atoms with Crippen molar-refractivity contribution in [3.8, 4) is 22.9 Å². The van der Waals surface area contributed by atoms with Crippen LogP contribution in [0.4, 0.5) is 9.93 Å². The molecule has 1 aromatic carbocycles. The zero-order valence-electron chi connectivity index (χ0n) is 33.4. The van der Waals surface area contributed by atoms with Gasteiger partial charge in [-0.05, 0) is 70.4 Å².